The number of nitrogens with zero attached hydrogens (tertiary/aromatic N) is 1. The first-order valence-corrected chi connectivity index (χ1v) is 12.0. The van der Waals surface area contributed by atoms with Crippen LogP contribution in [0.5, 0.6) is 11.5 Å². The lowest BCUT2D eigenvalue weighted by molar-refractivity contribution is -0.116. The largest absolute Gasteiger partial charge is 0.493 e. The predicted molar refractivity (Wildman–Crippen MR) is 137 cm³/mol. The van der Waals surface area contributed by atoms with Gasteiger partial charge in [-0.25, -0.2) is 4.79 Å². The fourth-order valence-corrected chi connectivity index (χ4v) is 5.28. The average Bonchev–Trinajstić information content (AvgIpc) is 2.92. The molecule has 178 valence electrons. The minimum Gasteiger partial charge on any atom is -0.493 e. The van der Waals surface area contributed by atoms with E-state index in [1.54, 1.807) is 37.7 Å². The first-order chi connectivity index (χ1) is 17.6. The number of nitrogens with one attached hydrogen (secondary N) is 1. The molecule has 1 aliphatic heterocycles. The van der Waals surface area contributed by atoms with Gasteiger partial charge >= 0.3 is 5.97 Å². The number of ketones is 1. The Morgan fingerprint density at radius 1 is 0.972 bits per heavy atom. The molecule has 0 amide bonds. The first kappa shape index (κ1) is 22.0. The molecule has 1 N–H and O–H groups in total. The van der Waals surface area contributed by atoms with E-state index in [-0.39, 0.29) is 11.7 Å². The van der Waals surface area contributed by atoms with Crippen molar-refractivity contribution in [2.24, 2.45) is 0 Å². The first-order valence-electron chi connectivity index (χ1n) is 12.0. The topological polar surface area (TPSA) is 77.5 Å². The van der Waals surface area contributed by atoms with Crippen LogP contribution in [0.15, 0.2) is 90.4 Å². The summed E-state index contributed by atoms with van der Waals surface area (Å²) in [6.07, 6.45) is 5.30. The number of esters is 1. The Balaban J connectivity index is 1.48. The molecule has 36 heavy (non-hydrogen) atoms. The van der Waals surface area contributed by atoms with E-state index < -0.39 is 5.97 Å². The number of benzene rings is 3. The molecule has 0 saturated carbocycles. The molecule has 1 unspecified atom stereocenters. The van der Waals surface area contributed by atoms with Crippen LogP contribution in [-0.4, -0.2) is 23.8 Å². The molecule has 6 nitrogen and oxygen atoms in total. The van der Waals surface area contributed by atoms with Crippen molar-refractivity contribution in [3.8, 4) is 11.5 Å². The van der Waals surface area contributed by atoms with Crippen molar-refractivity contribution in [2.45, 2.75) is 25.2 Å². The molecule has 0 saturated heterocycles. The Morgan fingerprint density at radius 2 is 1.81 bits per heavy atom. The van der Waals surface area contributed by atoms with Crippen molar-refractivity contribution in [2.75, 3.05) is 12.4 Å². The normalized spacial score (nSPS) is 16.7. The third-order valence-corrected chi connectivity index (χ3v) is 6.93. The van der Waals surface area contributed by atoms with Gasteiger partial charge in [0.25, 0.3) is 0 Å². The number of rotatable bonds is 4. The summed E-state index contributed by atoms with van der Waals surface area (Å²) in [4.78, 5) is 29.9. The predicted octanol–water partition coefficient (Wildman–Crippen LogP) is 6.03. The lowest BCUT2D eigenvalue weighted by Gasteiger charge is -2.35. The second-order valence-corrected chi connectivity index (χ2v) is 9.01. The van der Waals surface area contributed by atoms with Gasteiger partial charge in [-0.2, -0.15) is 0 Å². The zero-order chi connectivity index (χ0) is 24.6. The number of hydrogen-bond donors (Lipinski definition) is 1. The third-order valence-electron chi connectivity index (χ3n) is 6.93. The van der Waals surface area contributed by atoms with Gasteiger partial charge in [-0.15, -0.1) is 0 Å². The van der Waals surface area contributed by atoms with Crippen molar-refractivity contribution in [1.82, 2.24) is 4.98 Å². The summed E-state index contributed by atoms with van der Waals surface area (Å²) >= 11 is 0. The van der Waals surface area contributed by atoms with Crippen LogP contribution in [0.3, 0.4) is 0 Å². The Bertz CT molecular complexity index is 1540. The van der Waals surface area contributed by atoms with Crippen LogP contribution < -0.4 is 14.8 Å². The fourth-order valence-electron chi connectivity index (χ4n) is 5.28. The minimum atomic E-state index is -0.492. The SMILES string of the molecule is COc1cc(C2C3=C(CCCC3=O)Nc3ccc4ccccc4c32)ccc1OC(=O)c1ccncc1. The maximum absolute atomic E-state index is 13.3. The zero-order valence-electron chi connectivity index (χ0n) is 19.8. The highest BCUT2D eigenvalue weighted by atomic mass is 16.6. The van der Waals surface area contributed by atoms with Crippen molar-refractivity contribution >= 4 is 28.2 Å². The van der Waals surface area contributed by atoms with Gasteiger partial charge in [-0.1, -0.05) is 36.4 Å². The number of fused-ring (bicyclic) bond motifs is 3. The third kappa shape index (κ3) is 3.71. The van der Waals surface area contributed by atoms with E-state index >= 15 is 0 Å². The maximum atomic E-state index is 13.3. The van der Waals surface area contributed by atoms with Crippen LogP contribution in [-0.2, 0) is 4.79 Å². The number of carbonyl (C=O) groups excluding carboxylic acids is 2. The summed E-state index contributed by atoms with van der Waals surface area (Å²) in [5.41, 5.74) is 5.21. The van der Waals surface area contributed by atoms with Crippen LogP contribution >= 0.6 is 0 Å². The lowest BCUT2D eigenvalue weighted by atomic mass is 9.74. The zero-order valence-corrected chi connectivity index (χ0v) is 19.8. The number of aromatic nitrogens is 1. The van der Waals surface area contributed by atoms with E-state index in [0.29, 0.717) is 23.5 Å². The highest BCUT2D eigenvalue weighted by Gasteiger charge is 2.36. The summed E-state index contributed by atoms with van der Waals surface area (Å²) < 4.78 is 11.3. The summed E-state index contributed by atoms with van der Waals surface area (Å²) in [5.74, 6) is 0.169. The molecular weight excluding hydrogens is 452 g/mol. The van der Waals surface area contributed by atoms with Gasteiger partial charge < -0.3 is 14.8 Å². The number of methoxy groups -OCH3 is 1. The van der Waals surface area contributed by atoms with E-state index in [0.717, 1.165) is 51.7 Å². The number of ether oxygens (including phenoxy) is 2. The standard InChI is InChI=1S/C30H24N2O4/c1-35-26-17-20(10-12-25(26)36-30(34)19-13-15-31-16-14-19)27-28-21-6-3-2-5-18(21)9-11-23(28)32-22-7-4-8-24(33)29(22)27/h2-3,5-6,9-17,27,32H,4,7-8H2,1H3. The van der Waals surface area contributed by atoms with Crippen LogP contribution in [0.2, 0.25) is 0 Å². The van der Waals surface area contributed by atoms with Gasteiger partial charge in [0, 0.05) is 41.7 Å². The quantitative estimate of drug-likeness (QED) is 0.286. The number of hydrogen-bond acceptors (Lipinski definition) is 6. The molecule has 4 aromatic rings. The highest BCUT2D eigenvalue weighted by molar-refractivity contribution is 6.04. The van der Waals surface area contributed by atoms with Gasteiger partial charge in [0.1, 0.15) is 0 Å². The van der Waals surface area contributed by atoms with Gasteiger partial charge in [-0.3, -0.25) is 9.78 Å². The summed E-state index contributed by atoms with van der Waals surface area (Å²) in [6.45, 7) is 0. The van der Waals surface area contributed by atoms with Crippen LogP contribution in [0, 0.1) is 0 Å². The summed E-state index contributed by atoms with van der Waals surface area (Å²) in [6, 6.07) is 21.2. The van der Waals surface area contributed by atoms with Gasteiger partial charge in [-0.05, 0) is 65.1 Å². The molecule has 0 radical (unpaired) electrons. The molecule has 1 aromatic heterocycles. The number of anilines is 1. The molecule has 2 heterocycles. The van der Waals surface area contributed by atoms with Crippen molar-refractivity contribution in [3.05, 3.63) is 107 Å². The minimum absolute atomic E-state index is 0.166. The molecule has 6 heteroatoms. The van der Waals surface area contributed by atoms with E-state index in [2.05, 4.69) is 34.6 Å². The maximum Gasteiger partial charge on any atom is 0.343 e. The average molecular weight is 477 g/mol. The van der Waals surface area contributed by atoms with Crippen LogP contribution in [0.1, 0.15) is 46.7 Å². The van der Waals surface area contributed by atoms with E-state index in [9.17, 15) is 9.59 Å². The highest BCUT2D eigenvalue weighted by Crippen LogP contribution is 2.49. The Kier molecular flexibility index (Phi) is 5.49. The van der Waals surface area contributed by atoms with Crippen molar-refractivity contribution < 1.29 is 19.1 Å². The second kappa shape index (κ2) is 8.96. The van der Waals surface area contributed by atoms with Gasteiger partial charge in [0.2, 0.25) is 0 Å². The molecular formula is C30H24N2O4. The smallest absolute Gasteiger partial charge is 0.343 e. The van der Waals surface area contributed by atoms with E-state index in [1.165, 1.54) is 0 Å². The molecule has 1 aliphatic carbocycles. The lowest BCUT2D eigenvalue weighted by Crippen LogP contribution is -2.27. The van der Waals surface area contributed by atoms with Crippen molar-refractivity contribution in [1.29, 1.82) is 0 Å². The molecule has 6 rings (SSSR count). The number of carbonyl (C=O) groups is 2. The molecule has 3 aromatic carbocycles. The molecule has 0 bridgehead atoms. The van der Waals surface area contributed by atoms with Crippen LogP contribution in [0.25, 0.3) is 10.8 Å². The summed E-state index contributed by atoms with van der Waals surface area (Å²) in [5, 5.41) is 5.78. The molecule has 0 spiro atoms. The van der Waals surface area contributed by atoms with Gasteiger partial charge in [0.05, 0.1) is 12.7 Å². The molecule has 2 aliphatic rings. The van der Waals surface area contributed by atoms with E-state index in [1.807, 2.05) is 24.3 Å². The molecule has 1 atom stereocenters. The summed E-state index contributed by atoms with van der Waals surface area (Å²) in [7, 11) is 1.55. The molecule has 0 fully saturated rings. The Hall–Kier alpha value is -4.45. The number of Topliss-reactive ketones (excluding diaryl/α,β-unsaturated/α-hetero) is 1. The van der Waals surface area contributed by atoms with Crippen molar-refractivity contribution in [3.63, 3.8) is 0 Å². The number of allylic oxidation sites excluding steroid dienone is 2. The Labute approximate surface area is 208 Å². The Morgan fingerprint density at radius 3 is 2.64 bits per heavy atom. The number of pyridine rings is 1. The second-order valence-electron chi connectivity index (χ2n) is 9.01. The van der Waals surface area contributed by atoms with Gasteiger partial charge in [0.15, 0.2) is 17.3 Å². The van der Waals surface area contributed by atoms with E-state index in [4.69, 9.17) is 9.47 Å². The van der Waals surface area contributed by atoms with Crippen LogP contribution in [0.4, 0.5) is 5.69 Å². The monoisotopic (exact) mass is 476 g/mol. The fraction of sp³-hybridized carbons (Fsp3) is 0.167.